The highest BCUT2D eigenvalue weighted by molar-refractivity contribution is 5.96. The molecule has 2 aromatic rings. The predicted octanol–water partition coefficient (Wildman–Crippen LogP) is 2.09. The summed E-state index contributed by atoms with van der Waals surface area (Å²) in [5.41, 5.74) is 8.19. The Labute approximate surface area is 122 Å². The molecule has 1 atom stereocenters. The second kappa shape index (κ2) is 6.67. The molecule has 0 spiro atoms. The van der Waals surface area contributed by atoms with Crippen molar-refractivity contribution in [1.29, 1.82) is 0 Å². The number of carboxylic acids is 1. The second-order valence-electron chi connectivity index (χ2n) is 4.64. The van der Waals surface area contributed by atoms with Crippen LogP contribution in [0.3, 0.4) is 0 Å². The Morgan fingerprint density at radius 1 is 1.00 bits per heavy atom. The number of benzene rings is 2. The normalized spacial score (nSPS) is 11.7. The maximum atomic E-state index is 11.7. The van der Waals surface area contributed by atoms with Gasteiger partial charge in [-0.05, 0) is 23.3 Å². The Bertz CT molecular complexity index is 624. The molecule has 0 aromatic heterocycles. The smallest absolute Gasteiger partial charge is 0.305 e. The lowest BCUT2D eigenvalue weighted by Crippen LogP contribution is -2.37. The number of nitrogens with one attached hydrogen (secondary N) is 1. The van der Waals surface area contributed by atoms with Crippen molar-refractivity contribution < 1.29 is 14.7 Å². The molecule has 1 amide bonds. The van der Waals surface area contributed by atoms with Crippen LogP contribution in [0.5, 0.6) is 0 Å². The van der Waals surface area contributed by atoms with Crippen molar-refractivity contribution in [3.63, 3.8) is 0 Å². The number of carbonyl (C=O) groups is 2. The molecular formula is C16H16N2O3. The second-order valence-corrected chi connectivity index (χ2v) is 4.64. The summed E-state index contributed by atoms with van der Waals surface area (Å²) in [6.45, 7) is 0. The van der Waals surface area contributed by atoms with E-state index in [2.05, 4.69) is 5.32 Å². The van der Waals surface area contributed by atoms with Crippen molar-refractivity contribution in [3.05, 3.63) is 54.6 Å². The average molecular weight is 284 g/mol. The summed E-state index contributed by atoms with van der Waals surface area (Å²) < 4.78 is 0. The van der Waals surface area contributed by atoms with Crippen LogP contribution < -0.4 is 11.1 Å². The standard InChI is InChI=1S/C16H16N2O3/c17-14(10-15(19)20)16(21)18-13-8-6-12(7-9-13)11-4-2-1-3-5-11/h1-9,14H,10,17H2,(H,18,21)(H,19,20). The average Bonchev–Trinajstić information content (AvgIpc) is 2.48. The van der Waals surface area contributed by atoms with E-state index >= 15 is 0 Å². The molecule has 5 heteroatoms. The Balaban J connectivity index is 2.03. The third-order valence-electron chi connectivity index (χ3n) is 2.99. The number of anilines is 1. The lowest BCUT2D eigenvalue weighted by Gasteiger charge is -2.10. The minimum absolute atomic E-state index is 0.395. The number of nitrogens with two attached hydrogens (primary N) is 1. The highest BCUT2D eigenvalue weighted by Gasteiger charge is 2.16. The van der Waals surface area contributed by atoms with E-state index in [0.717, 1.165) is 11.1 Å². The minimum Gasteiger partial charge on any atom is -0.481 e. The van der Waals surface area contributed by atoms with E-state index in [9.17, 15) is 9.59 Å². The molecule has 0 saturated heterocycles. The molecule has 0 aliphatic carbocycles. The molecule has 21 heavy (non-hydrogen) atoms. The first kappa shape index (κ1) is 14.7. The maximum Gasteiger partial charge on any atom is 0.305 e. The van der Waals surface area contributed by atoms with Crippen LogP contribution in [0.1, 0.15) is 6.42 Å². The van der Waals surface area contributed by atoms with Crippen molar-refractivity contribution >= 4 is 17.6 Å². The molecule has 2 aromatic carbocycles. The van der Waals surface area contributed by atoms with Crippen LogP contribution in [0.2, 0.25) is 0 Å². The summed E-state index contributed by atoms with van der Waals surface area (Å²) in [7, 11) is 0. The van der Waals surface area contributed by atoms with Crippen LogP contribution in [0.25, 0.3) is 11.1 Å². The summed E-state index contributed by atoms with van der Waals surface area (Å²) in [6.07, 6.45) is -0.395. The molecule has 1 unspecified atom stereocenters. The van der Waals surface area contributed by atoms with Gasteiger partial charge in [0, 0.05) is 5.69 Å². The molecular weight excluding hydrogens is 268 g/mol. The van der Waals surface area contributed by atoms with Crippen molar-refractivity contribution in [3.8, 4) is 11.1 Å². The van der Waals surface area contributed by atoms with Gasteiger partial charge >= 0.3 is 5.97 Å². The first-order valence-corrected chi connectivity index (χ1v) is 6.50. The van der Waals surface area contributed by atoms with Gasteiger partial charge in [0.1, 0.15) is 0 Å². The Kier molecular flexibility index (Phi) is 4.68. The first-order chi connectivity index (χ1) is 10.1. The molecule has 5 nitrogen and oxygen atoms in total. The van der Waals surface area contributed by atoms with Gasteiger partial charge in [-0.2, -0.15) is 0 Å². The zero-order valence-corrected chi connectivity index (χ0v) is 11.3. The van der Waals surface area contributed by atoms with Crippen molar-refractivity contribution in [2.75, 3.05) is 5.32 Å². The topological polar surface area (TPSA) is 92.4 Å². The molecule has 0 saturated carbocycles. The van der Waals surface area contributed by atoms with Gasteiger partial charge in [0.05, 0.1) is 12.5 Å². The Morgan fingerprint density at radius 2 is 1.57 bits per heavy atom. The fourth-order valence-corrected chi connectivity index (χ4v) is 1.89. The number of amides is 1. The number of aliphatic carboxylic acids is 1. The molecule has 108 valence electrons. The van der Waals surface area contributed by atoms with Gasteiger partial charge in [-0.1, -0.05) is 42.5 Å². The van der Waals surface area contributed by atoms with E-state index in [0.29, 0.717) is 5.69 Å². The van der Waals surface area contributed by atoms with Gasteiger partial charge in [-0.25, -0.2) is 0 Å². The number of carboxylic acid groups (broad SMARTS) is 1. The van der Waals surface area contributed by atoms with Crippen LogP contribution in [0, 0.1) is 0 Å². The summed E-state index contributed by atoms with van der Waals surface area (Å²) >= 11 is 0. The number of hydrogen-bond acceptors (Lipinski definition) is 3. The highest BCUT2D eigenvalue weighted by Crippen LogP contribution is 2.21. The van der Waals surface area contributed by atoms with E-state index in [1.807, 2.05) is 42.5 Å². The monoisotopic (exact) mass is 284 g/mol. The predicted molar refractivity (Wildman–Crippen MR) is 80.7 cm³/mol. The molecule has 2 rings (SSSR count). The molecule has 4 N–H and O–H groups in total. The number of rotatable bonds is 5. The quantitative estimate of drug-likeness (QED) is 0.784. The van der Waals surface area contributed by atoms with Crippen LogP contribution in [-0.2, 0) is 9.59 Å². The first-order valence-electron chi connectivity index (χ1n) is 6.50. The van der Waals surface area contributed by atoms with Gasteiger partial charge in [-0.15, -0.1) is 0 Å². The van der Waals surface area contributed by atoms with E-state index in [-0.39, 0.29) is 0 Å². The molecule has 0 heterocycles. The molecule has 0 bridgehead atoms. The zero-order chi connectivity index (χ0) is 15.2. The highest BCUT2D eigenvalue weighted by atomic mass is 16.4. The third kappa shape index (κ3) is 4.15. The summed E-state index contributed by atoms with van der Waals surface area (Å²) in [4.78, 5) is 22.2. The van der Waals surface area contributed by atoms with Gasteiger partial charge < -0.3 is 16.2 Å². The van der Waals surface area contributed by atoms with Gasteiger partial charge in [-0.3, -0.25) is 9.59 Å². The molecule has 0 radical (unpaired) electrons. The van der Waals surface area contributed by atoms with E-state index < -0.39 is 24.3 Å². The third-order valence-corrected chi connectivity index (χ3v) is 2.99. The van der Waals surface area contributed by atoms with E-state index in [1.165, 1.54) is 0 Å². The Hall–Kier alpha value is -2.66. The SMILES string of the molecule is NC(CC(=O)O)C(=O)Nc1ccc(-c2ccccc2)cc1. The van der Waals surface area contributed by atoms with Crippen molar-refractivity contribution in [2.24, 2.45) is 5.73 Å². The summed E-state index contributed by atoms with van der Waals surface area (Å²) in [5, 5.41) is 11.2. The van der Waals surface area contributed by atoms with Crippen LogP contribution in [-0.4, -0.2) is 23.0 Å². The van der Waals surface area contributed by atoms with Crippen molar-refractivity contribution in [1.82, 2.24) is 0 Å². The van der Waals surface area contributed by atoms with Gasteiger partial charge in [0.25, 0.3) is 0 Å². The molecule has 0 aliphatic rings. The molecule has 0 aliphatic heterocycles. The summed E-state index contributed by atoms with van der Waals surface area (Å²) in [6, 6.07) is 16.1. The summed E-state index contributed by atoms with van der Waals surface area (Å²) in [5.74, 6) is -1.61. The minimum atomic E-state index is -1.10. The molecule has 0 fully saturated rings. The van der Waals surface area contributed by atoms with E-state index in [4.69, 9.17) is 10.8 Å². The maximum absolute atomic E-state index is 11.7. The van der Waals surface area contributed by atoms with Crippen molar-refractivity contribution in [2.45, 2.75) is 12.5 Å². The van der Waals surface area contributed by atoms with Crippen LogP contribution >= 0.6 is 0 Å². The lowest BCUT2D eigenvalue weighted by atomic mass is 10.1. The zero-order valence-electron chi connectivity index (χ0n) is 11.3. The van der Waals surface area contributed by atoms with Gasteiger partial charge in [0.2, 0.25) is 5.91 Å². The van der Waals surface area contributed by atoms with Crippen LogP contribution in [0.4, 0.5) is 5.69 Å². The fourth-order valence-electron chi connectivity index (χ4n) is 1.89. The lowest BCUT2D eigenvalue weighted by molar-refractivity contribution is -0.138. The van der Waals surface area contributed by atoms with Crippen LogP contribution in [0.15, 0.2) is 54.6 Å². The fraction of sp³-hybridized carbons (Fsp3) is 0.125. The van der Waals surface area contributed by atoms with Gasteiger partial charge in [0.15, 0.2) is 0 Å². The largest absolute Gasteiger partial charge is 0.481 e. The Morgan fingerprint density at radius 3 is 2.14 bits per heavy atom. The van der Waals surface area contributed by atoms with E-state index in [1.54, 1.807) is 12.1 Å². The number of hydrogen-bond donors (Lipinski definition) is 3. The number of carbonyl (C=O) groups excluding carboxylic acids is 1.